The number of rotatable bonds is 11. The lowest BCUT2D eigenvalue weighted by Crippen LogP contribution is -2.28. The summed E-state index contributed by atoms with van der Waals surface area (Å²) in [6.45, 7) is 2.89. The summed E-state index contributed by atoms with van der Waals surface area (Å²) in [6, 6.07) is 9.40. The van der Waals surface area contributed by atoms with Crippen molar-refractivity contribution in [2.75, 3.05) is 41.8 Å². The molecule has 1 atom stereocenters. The Kier molecular flexibility index (Phi) is 9.72. The van der Waals surface area contributed by atoms with E-state index in [9.17, 15) is 26.0 Å². The molecule has 250 valence electrons. The van der Waals surface area contributed by atoms with Gasteiger partial charge in [-0.25, -0.2) is 17.8 Å². The summed E-state index contributed by atoms with van der Waals surface area (Å²) in [5.41, 5.74) is 8.66. The highest BCUT2D eigenvalue weighted by Gasteiger charge is 2.35. The molecule has 0 aliphatic carbocycles. The Morgan fingerprint density at radius 3 is 2.53 bits per heavy atom. The molecule has 5 rings (SSSR count). The zero-order valence-corrected chi connectivity index (χ0v) is 26.3. The Bertz CT molecular complexity index is 1860. The highest BCUT2D eigenvalue weighted by molar-refractivity contribution is 7.92. The number of benzene rings is 2. The summed E-state index contributed by atoms with van der Waals surface area (Å²) in [5, 5.41) is 16.8. The molecule has 4 aromatic rings. The van der Waals surface area contributed by atoms with Gasteiger partial charge in [0.15, 0.2) is 5.75 Å². The lowest BCUT2D eigenvalue weighted by Gasteiger charge is -2.22. The largest absolute Gasteiger partial charge is 0.484 e. The van der Waals surface area contributed by atoms with Gasteiger partial charge in [-0.2, -0.15) is 18.3 Å². The molecule has 0 spiro atoms. The third-order valence-corrected chi connectivity index (χ3v) is 8.86. The number of nitrogens with one attached hydrogen (secondary N) is 3. The van der Waals surface area contributed by atoms with Crippen LogP contribution in [0.4, 0.5) is 34.8 Å². The van der Waals surface area contributed by atoms with E-state index in [1.165, 1.54) is 42.5 Å². The Morgan fingerprint density at radius 2 is 1.87 bits per heavy atom. The summed E-state index contributed by atoms with van der Waals surface area (Å²) < 4.78 is 92.6. The number of hydrogen-bond donors (Lipinski definition) is 4. The van der Waals surface area contributed by atoms with E-state index < -0.39 is 33.9 Å². The number of alkyl halides is 3. The molecule has 5 N–H and O–H groups in total. The van der Waals surface area contributed by atoms with E-state index in [0.717, 1.165) is 18.4 Å². The third kappa shape index (κ3) is 8.00. The molecule has 1 aliphatic heterocycles. The van der Waals surface area contributed by atoms with Crippen molar-refractivity contribution in [1.29, 1.82) is 5.41 Å². The van der Waals surface area contributed by atoms with Gasteiger partial charge in [0, 0.05) is 49.3 Å². The van der Waals surface area contributed by atoms with Gasteiger partial charge in [-0.15, -0.1) is 0 Å². The van der Waals surface area contributed by atoms with Gasteiger partial charge >= 0.3 is 6.18 Å². The van der Waals surface area contributed by atoms with Crippen LogP contribution in [0.1, 0.15) is 48.6 Å². The molecular formula is C31H33F4N7O4S. The van der Waals surface area contributed by atoms with Crippen LogP contribution in [-0.2, 0) is 14.8 Å². The van der Waals surface area contributed by atoms with Crippen molar-refractivity contribution in [1.82, 2.24) is 14.8 Å². The van der Waals surface area contributed by atoms with E-state index in [4.69, 9.17) is 20.6 Å². The van der Waals surface area contributed by atoms with Gasteiger partial charge < -0.3 is 20.5 Å². The van der Waals surface area contributed by atoms with Crippen molar-refractivity contribution in [3.63, 3.8) is 0 Å². The minimum atomic E-state index is -4.99. The average Bonchev–Trinajstić information content (AvgIpc) is 3.51. The number of anilines is 3. The van der Waals surface area contributed by atoms with E-state index in [0.29, 0.717) is 30.0 Å². The molecule has 0 radical (unpaired) electrons. The molecule has 0 unspecified atom stereocenters. The number of nitrogens with zero attached hydrogens (tertiary/aromatic N) is 3. The second-order valence-electron chi connectivity index (χ2n) is 11.0. The number of halogens is 4. The summed E-state index contributed by atoms with van der Waals surface area (Å²) in [7, 11) is -3.22. The number of pyridine rings is 1. The zero-order valence-electron chi connectivity index (χ0n) is 25.4. The molecular weight excluding hydrogens is 642 g/mol. The molecule has 16 heteroatoms. The lowest BCUT2D eigenvalue weighted by molar-refractivity contribution is -0.106. The first-order valence-electron chi connectivity index (χ1n) is 14.6. The summed E-state index contributed by atoms with van der Waals surface area (Å²) in [5.74, 6) is -2.74. The number of hydrogen-bond acceptors (Lipinski definition) is 9. The highest BCUT2D eigenvalue weighted by Crippen LogP contribution is 2.37. The van der Waals surface area contributed by atoms with Crippen molar-refractivity contribution in [2.45, 2.75) is 38.1 Å². The van der Waals surface area contributed by atoms with Crippen molar-refractivity contribution < 1.29 is 35.5 Å². The van der Waals surface area contributed by atoms with E-state index >= 15 is 0 Å². The number of nitrogen functional groups attached to an aromatic ring is 1. The monoisotopic (exact) mass is 675 g/mol. The van der Waals surface area contributed by atoms with Crippen molar-refractivity contribution in [3.05, 3.63) is 83.6 Å². The van der Waals surface area contributed by atoms with Crippen LogP contribution in [0.2, 0.25) is 0 Å². The van der Waals surface area contributed by atoms with Gasteiger partial charge in [0.25, 0.3) is 0 Å². The molecule has 0 amide bonds. The maximum Gasteiger partial charge on any atom is 0.404 e. The van der Waals surface area contributed by atoms with E-state index in [1.807, 2.05) is 15.6 Å². The van der Waals surface area contributed by atoms with Crippen molar-refractivity contribution >= 4 is 32.9 Å². The topological polar surface area (TPSA) is 157 Å². The minimum absolute atomic E-state index is 0.0250. The molecule has 2 aromatic carbocycles. The molecule has 0 bridgehead atoms. The van der Waals surface area contributed by atoms with Gasteiger partial charge in [-0.3, -0.25) is 14.8 Å². The lowest BCUT2D eigenvalue weighted by atomic mass is 9.97. The standard InChI is InChI=1S/C31H33F4N7O4S/c1-18(19-3-6-22(32)7-4-19)46-26-13-20(5-8-25(26)41-47(43,44)17-31(33,34)35)28(36)27-29(38-2)24(15-39-30(27)37)21-14-40-42(16-21)23-9-11-45-12-10-23/h3-8,13-16,18,23,36,41H,9-12,17H2,1-2H3,(H3,37,38,39)/t18-/m0/s1. The van der Waals surface area contributed by atoms with Crippen LogP contribution >= 0.6 is 0 Å². The molecule has 3 heterocycles. The maximum atomic E-state index is 13.5. The van der Waals surface area contributed by atoms with Gasteiger partial charge in [0.1, 0.15) is 23.5 Å². The quantitative estimate of drug-likeness (QED) is 0.113. The van der Waals surface area contributed by atoms with Crippen LogP contribution in [0, 0.1) is 11.2 Å². The highest BCUT2D eigenvalue weighted by atomic mass is 32.2. The first kappa shape index (κ1) is 33.7. The third-order valence-electron chi connectivity index (χ3n) is 7.62. The minimum Gasteiger partial charge on any atom is -0.484 e. The number of nitrogens with two attached hydrogens (primary N) is 1. The number of sulfonamides is 1. The molecule has 1 fully saturated rings. The van der Waals surface area contributed by atoms with E-state index in [1.54, 1.807) is 26.4 Å². The molecule has 0 saturated carbocycles. The predicted molar refractivity (Wildman–Crippen MR) is 170 cm³/mol. The van der Waals surface area contributed by atoms with Crippen LogP contribution < -0.4 is 20.5 Å². The van der Waals surface area contributed by atoms with E-state index in [2.05, 4.69) is 15.4 Å². The summed E-state index contributed by atoms with van der Waals surface area (Å²) in [6.07, 6.45) is 1.02. The zero-order chi connectivity index (χ0) is 33.9. The Balaban J connectivity index is 1.52. The Morgan fingerprint density at radius 1 is 1.17 bits per heavy atom. The summed E-state index contributed by atoms with van der Waals surface area (Å²) >= 11 is 0. The fourth-order valence-corrected chi connectivity index (χ4v) is 6.31. The molecule has 1 saturated heterocycles. The second kappa shape index (κ2) is 13.6. The van der Waals surface area contributed by atoms with Crippen LogP contribution in [0.25, 0.3) is 11.1 Å². The van der Waals surface area contributed by atoms with Crippen molar-refractivity contribution in [3.8, 4) is 16.9 Å². The number of aromatic nitrogens is 3. The smallest absolute Gasteiger partial charge is 0.404 e. The average molecular weight is 676 g/mol. The molecule has 2 aromatic heterocycles. The van der Waals surface area contributed by atoms with E-state index in [-0.39, 0.29) is 40.1 Å². The fourth-order valence-electron chi connectivity index (χ4n) is 5.30. The van der Waals surface area contributed by atoms with Crippen LogP contribution in [0.15, 0.2) is 61.1 Å². The maximum absolute atomic E-state index is 13.5. The molecule has 47 heavy (non-hydrogen) atoms. The summed E-state index contributed by atoms with van der Waals surface area (Å²) in [4.78, 5) is 4.33. The van der Waals surface area contributed by atoms with Gasteiger partial charge in [0.2, 0.25) is 10.0 Å². The Labute approximate surface area is 268 Å². The van der Waals surface area contributed by atoms with Crippen LogP contribution in [-0.4, -0.2) is 61.1 Å². The van der Waals surface area contributed by atoms with Gasteiger partial charge in [-0.1, -0.05) is 18.2 Å². The molecule has 1 aliphatic rings. The fraction of sp³-hybridized carbons (Fsp3) is 0.323. The first-order chi connectivity index (χ1) is 22.2. The number of ether oxygens (including phenoxy) is 2. The van der Waals surface area contributed by atoms with Crippen LogP contribution in [0.5, 0.6) is 5.75 Å². The Hall–Kier alpha value is -4.70. The van der Waals surface area contributed by atoms with Crippen molar-refractivity contribution in [2.24, 2.45) is 0 Å². The SMILES string of the molecule is CNc1c(-c2cnn(C3CCOCC3)c2)cnc(N)c1C(=N)c1ccc(NS(=O)(=O)CC(F)(F)F)c(O[C@@H](C)c2ccc(F)cc2)c1. The second-order valence-corrected chi connectivity index (χ2v) is 12.7. The predicted octanol–water partition coefficient (Wildman–Crippen LogP) is 5.92. The van der Waals surface area contributed by atoms with Gasteiger partial charge in [0.05, 0.1) is 34.9 Å². The van der Waals surface area contributed by atoms with Gasteiger partial charge in [-0.05, 0) is 49.6 Å². The molecule has 11 nitrogen and oxygen atoms in total. The first-order valence-corrected chi connectivity index (χ1v) is 16.2. The normalized spacial score (nSPS) is 14.9. The van der Waals surface area contributed by atoms with Crippen LogP contribution in [0.3, 0.4) is 0 Å².